The third kappa shape index (κ3) is 5.73. The molecule has 0 aromatic heterocycles. The van der Waals surface area contributed by atoms with Crippen molar-refractivity contribution in [1.82, 2.24) is 9.80 Å². The van der Waals surface area contributed by atoms with E-state index in [9.17, 15) is 9.59 Å². The van der Waals surface area contributed by atoms with Gasteiger partial charge in [-0.05, 0) is 44.2 Å². The summed E-state index contributed by atoms with van der Waals surface area (Å²) in [5, 5.41) is 0. The van der Waals surface area contributed by atoms with E-state index in [2.05, 4.69) is 13.8 Å². The lowest BCUT2D eigenvalue weighted by Gasteiger charge is -2.35. The predicted molar refractivity (Wildman–Crippen MR) is 113 cm³/mol. The fourth-order valence-corrected chi connectivity index (χ4v) is 3.75. The van der Waals surface area contributed by atoms with Crippen LogP contribution in [0.15, 0.2) is 24.3 Å². The van der Waals surface area contributed by atoms with E-state index in [1.54, 1.807) is 0 Å². The molecule has 1 aromatic rings. The van der Waals surface area contributed by atoms with Crippen LogP contribution < -0.4 is 4.74 Å². The standard InChI is InChI=1S/C23H36N2O3/c1-6-24-13-9-10-14-25(22(26)18(4)5)19(15-17(2)3)16-28-21-12-8-7-11-20(21)23(24)27/h7-8,11-12,17-19H,6,9-10,13-16H2,1-5H3/t19-/m0/s1. The Morgan fingerprint density at radius 1 is 1.14 bits per heavy atom. The maximum Gasteiger partial charge on any atom is 0.257 e. The molecule has 0 radical (unpaired) electrons. The van der Waals surface area contributed by atoms with Gasteiger partial charge < -0.3 is 14.5 Å². The lowest BCUT2D eigenvalue weighted by Crippen LogP contribution is -2.47. The Hall–Kier alpha value is -2.04. The SMILES string of the molecule is CCN1CCCCN(C(=O)C(C)C)[C@@H](CC(C)C)COc2ccccc2C1=O. The zero-order valence-electron chi connectivity index (χ0n) is 18.1. The van der Waals surface area contributed by atoms with Gasteiger partial charge in [-0.25, -0.2) is 0 Å². The second kappa shape index (κ2) is 10.5. The molecule has 1 aliphatic heterocycles. The zero-order chi connectivity index (χ0) is 20.7. The maximum atomic E-state index is 13.0. The molecule has 1 aliphatic rings. The summed E-state index contributed by atoms with van der Waals surface area (Å²) in [5.41, 5.74) is 0.606. The molecule has 156 valence electrons. The molecule has 2 amide bonds. The Morgan fingerprint density at radius 2 is 1.82 bits per heavy atom. The molecule has 0 bridgehead atoms. The molecule has 1 aromatic carbocycles. The second-order valence-electron chi connectivity index (χ2n) is 8.37. The first-order chi connectivity index (χ1) is 13.3. The van der Waals surface area contributed by atoms with Gasteiger partial charge in [-0.2, -0.15) is 0 Å². The molecular weight excluding hydrogens is 352 g/mol. The molecule has 0 unspecified atom stereocenters. The van der Waals surface area contributed by atoms with Gasteiger partial charge in [-0.1, -0.05) is 39.8 Å². The number of hydrogen-bond donors (Lipinski definition) is 0. The number of para-hydroxylation sites is 1. The molecule has 5 nitrogen and oxygen atoms in total. The van der Waals surface area contributed by atoms with Gasteiger partial charge in [0.2, 0.25) is 5.91 Å². The minimum atomic E-state index is -0.0384. The number of hydrogen-bond acceptors (Lipinski definition) is 3. The molecule has 0 N–H and O–H groups in total. The Balaban J connectivity index is 2.36. The van der Waals surface area contributed by atoms with Crippen molar-refractivity contribution < 1.29 is 14.3 Å². The summed E-state index contributed by atoms with van der Waals surface area (Å²) in [6, 6.07) is 7.47. The van der Waals surface area contributed by atoms with Crippen molar-refractivity contribution in [3.05, 3.63) is 29.8 Å². The number of fused-ring (bicyclic) bond motifs is 1. The van der Waals surface area contributed by atoms with Crippen molar-refractivity contribution in [2.45, 2.75) is 59.9 Å². The molecule has 2 rings (SSSR count). The van der Waals surface area contributed by atoms with Gasteiger partial charge in [-0.3, -0.25) is 9.59 Å². The van der Waals surface area contributed by atoms with Crippen LogP contribution in [0.1, 0.15) is 64.2 Å². The van der Waals surface area contributed by atoms with Crippen molar-refractivity contribution in [2.24, 2.45) is 11.8 Å². The Labute approximate surface area is 170 Å². The van der Waals surface area contributed by atoms with E-state index >= 15 is 0 Å². The fraction of sp³-hybridized carbons (Fsp3) is 0.652. The van der Waals surface area contributed by atoms with Gasteiger partial charge in [0.15, 0.2) is 0 Å². The monoisotopic (exact) mass is 388 g/mol. The number of nitrogens with zero attached hydrogens (tertiary/aromatic N) is 2. The summed E-state index contributed by atoms with van der Waals surface area (Å²) in [6.45, 7) is 12.7. The van der Waals surface area contributed by atoms with Crippen LogP contribution in [-0.4, -0.2) is 53.9 Å². The molecule has 5 heteroatoms. The molecule has 0 saturated heterocycles. The highest BCUT2D eigenvalue weighted by Gasteiger charge is 2.28. The van der Waals surface area contributed by atoms with E-state index in [4.69, 9.17) is 4.74 Å². The van der Waals surface area contributed by atoms with Gasteiger partial charge in [0, 0.05) is 25.6 Å². The largest absolute Gasteiger partial charge is 0.491 e. The van der Waals surface area contributed by atoms with E-state index in [0.29, 0.717) is 43.5 Å². The minimum absolute atomic E-state index is 0.0137. The van der Waals surface area contributed by atoms with E-state index in [1.165, 1.54) is 0 Å². The normalized spacial score (nSPS) is 19.1. The summed E-state index contributed by atoms with van der Waals surface area (Å²) >= 11 is 0. The highest BCUT2D eigenvalue weighted by Crippen LogP contribution is 2.24. The second-order valence-corrected chi connectivity index (χ2v) is 8.37. The van der Waals surface area contributed by atoms with E-state index < -0.39 is 0 Å². The van der Waals surface area contributed by atoms with Gasteiger partial charge >= 0.3 is 0 Å². The smallest absolute Gasteiger partial charge is 0.257 e. The summed E-state index contributed by atoms with van der Waals surface area (Å²) in [4.78, 5) is 29.8. The van der Waals surface area contributed by atoms with Crippen LogP contribution in [0.2, 0.25) is 0 Å². The molecule has 1 atom stereocenters. The fourth-order valence-electron chi connectivity index (χ4n) is 3.75. The van der Waals surface area contributed by atoms with Crippen molar-refractivity contribution in [3.8, 4) is 5.75 Å². The summed E-state index contributed by atoms with van der Waals surface area (Å²) in [5.74, 6) is 1.23. The lowest BCUT2D eigenvalue weighted by atomic mass is 10.0. The van der Waals surface area contributed by atoms with Gasteiger partial charge in [0.25, 0.3) is 5.91 Å². The molecular formula is C23H36N2O3. The van der Waals surface area contributed by atoms with Crippen LogP contribution in [0, 0.1) is 11.8 Å². The first-order valence-electron chi connectivity index (χ1n) is 10.7. The molecule has 0 fully saturated rings. The molecule has 0 saturated carbocycles. The van der Waals surface area contributed by atoms with Gasteiger partial charge in [-0.15, -0.1) is 0 Å². The quantitative estimate of drug-likeness (QED) is 0.776. The number of rotatable bonds is 4. The number of benzene rings is 1. The number of ether oxygens (including phenoxy) is 1. The molecule has 0 spiro atoms. The molecule has 1 heterocycles. The first-order valence-corrected chi connectivity index (χ1v) is 10.7. The van der Waals surface area contributed by atoms with Gasteiger partial charge in [0.05, 0.1) is 11.6 Å². The van der Waals surface area contributed by atoms with Crippen molar-refractivity contribution in [1.29, 1.82) is 0 Å². The topological polar surface area (TPSA) is 49.9 Å². The Bertz CT molecular complexity index is 657. The Kier molecular flexibility index (Phi) is 8.34. The van der Waals surface area contributed by atoms with Crippen LogP contribution in [0.5, 0.6) is 5.75 Å². The number of carbonyl (C=O) groups is 2. The van der Waals surface area contributed by atoms with Crippen LogP contribution in [0.3, 0.4) is 0 Å². The summed E-state index contributed by atoms with van der Waals surface area (Å²) < 4.78 is 6.16. The van der Waals surface area contributed by atoms with Crippen LogP contribution >= 0.6 is 0 Å². The average Bonchev–Trinajstić information content (AvgIpc) is 2.66. The van der Waals surface area contributed by atoms with Crippen LogP contribution in [0.25, 0.3) is 0 Å². The third-order valence-electron chi connectivity index (χ3n) is 5.26. The van der Waals surface area contributed by atoms with Crippen molar-refractivity contribution in [3.63, 3.8) is 0 Å². The van der Waals surface area contributed by atoms with Crippen molar-refractivity contribution in [2.75, 3.05) is 26.2 Å². The van der Waals surface area contributed by atoms with Crippen molar-refractivity contribution >= 4 is 11.8 Å². The highest BCUT2D eigenvalue weighted by atomic mass is 16.5. The maximum absolute atomic E-state index is 13.0. The zero-order valence-corrected chi connectivity index (χ0v) is 18.1. The van der Waals surface area contributed by atoms with E-state index in [0.717, 1.165) is 19.3 Å². The number of amides is 2. The highest BCUT2D eigenvalue weighted by molar-refractivity contribution is 5.96. The summed E-state index contributed by atoms with van der Waals surface area (Å²) in [7, 11) is 0. The molecule has 28 heavy (non-hydrogen) atoms. The minimum Gasteiger partial charge on any atom is -0.491 e. The summed E-state index contributed by atoms with van der Waals surface area (Å²) in [6.07, 6.45) is 2.66. The lowest BCUT2D eigenvalue weighted by molar-refractivity contribution is -0.138. The average molecular weight is 389 g/mol. The molecule has 0 aliphatic carbocycles. The first kappa shape index (κ1) is 22.3. The van der Waals surface area contributed by atoms with Crippen LogP contribution in [-0.2, 0) is 4.79 Å². The third-order valence-corrected chi connectivity index (χ3v) is 5.26. The number of carbonyl (C=O) groups excluding carboxylic acids is 2. The van der Waals surface area contributed by atoms with Gasteiger partial charge in [0.1, 0.15) is 12.4 Å². The van der Waals surface area contributed by atoms with E-state index in [1.807, 2.05) is 54.8 Å². The Morgan fingerprint density at radius 3 is 2.46 bits per heavy atom. The van der Waals surface area contributed by atoms with E-state index in [-0.39, 0.29) is 23.8 Å². The predicted octanol–water partition coefficient (Wildman–Crippen LogP) is 4.22. The van der Waals surface area contributed by atoms with Crippen LogP contribution in [0.4, 0.5) is 0 Å².